The first-order valence-corrected chi connectivity index (χ1v) is 10.7. The van der Waals surface area contributed by atoms with Crippen molar-refractivity contribution < 1.29 is 4.79 Å². The van der Waals surface area contributed by atoms with Crippen molar-refractivity contribution in [3.05, 3.63) is 62.0 Å². The minimum absolute atomic E-state index is 0.0794. The van der Waals surface area contributed by atoms with Gasteiger partial charge in [-0.15, -0.1) is 0 Å². The van der Waals surface area contributed by atoms with Crippen molar-refractivity contribution in [3.8, 4) is 0 Å². The summed E-state index contributed by atoms with van der Waals surface area (Å²) >= 11 is 7.55. The van der Waals surface area contributed by atoms with Crippen molar-refractivity contribution in [1.82, 2.24) is 9.97 Å². The number of anilines is 1. The van der Waals surface area contributed by atoms with Crippen molar-refractivity contribution in [2.45, 2.75) is 44.7 Å². The quantitative estimate of drug-likeness (QED) is 0.559. The number of H-pyrrole nitrogens is 1. The van der Waals surface area contributed by atoms with Gasteiger partial charge in [-0.1, -0.05) is 56.3 Å². The van der Waals surface area contributed by atoms with E-state index in [4.69, 9.17) is 11.6 Å². The molecule has 0 unspecified atom stereocenters. The fourth-order valence-electron chi connectivity index (χ4n) is 4.09. The molecular weight excluding hydrogens is 394 g/mol. The standard InChI is InChI=1S/C21H22ClN3O2S/c1-4-28-20-24-18-17(19(27)25-20)15(11-5-7-12(22)8-6-11)16-13(23-18)9-21(2,3)10-14(16)26/h5-8,15H,4,9-10H2,1-3H3,(H2,23,24,25,27)/t15-/m1/s1. The number of carbonyl (C=O) groups is 1. The normalized spacial score (nSPS) is 20.4. The molecule has 1 aromatic carbocycles. The molecule has 0 spiro atoms. The molecule has 0 fully saturated rings. The summed E-state index contributed by atoms with van der Waals surface area (Å²) in [4.78, 5) is 33.7. The molecule has 0 bridgehead atoms. The zero-order chi connectivity index (χ0) is 20.1. The average molecular weight is 416 g/mol. The number of hydrogen-bond donors (Lipinski definition) is 2. The van der Waals surface area contributed by atoms with Crippen LogP contribution in [0.5, 0.6) is 0 Å². The molecule has 7 heteroatoms. The van der Waals surface area contributed by atoms with Gasteiger partial charge in [-0.3, -0.25) is 9.59 Å². The Balaban J connectivity index is 1.95. The fraction of sp³-hybridized carbons (Fsp3) is 0.381. The molecule has 1 aromatic heterocycles. The molecule has 5 nitrogen and oxygen atoms in total. The number of hydrogen-bond acceptors (Lipinski definition) is 5. The molecule has 0 saturated carbocycles. The lowest BCUT2D eigenvalue weighted by molar-refractivity contribution is -0.118. The van der Waals surface area contributed by atoms with Gasteiger partial charge in [0.25, 0.3) is 5.56 Å². The number of nitrogens with zero attached hydrogens (tertiary/aromatic N) is 1. The maximum Gasteiger partial charge on any atom is 0.257 e. The van der Waals surface area contributed by atoms with Gasteiger partial charge in [0, 0.05) is 28.6 Å². The van der Waals surface area contributed by atoms with Crippen molar-refractivity contribution >= 4 is 35.0 Å². The van der Waals surface area contributed by atoms with Crippen LogP contribution in [0.15, 0.2) is 45.5 Å². The maximum atomic E-state index is 13.1. The summed E-state index contributed by atoms with van der Waals surface area (Å²) in [6.45, 7) is 6.19. The molecule has 2 aliphatic rings. The Labute approximate surface area is 173 Å². The second-order valence-electron chi connectivity index (χ2n) is 8.01. The third kappa shape index (κ3) is 3.40. The van der Waals surface area contributed by atoms with Crippen molar-refractivity contribution in [1.29, 1.82) is 0 Å². The van der Waals surface area contributed by atoms with Crippen molar-refractivity contribution in [3.63, 3.8) is 0 Å². The maximum absolute atomic E-state index is 13.1. The Morgan fingerprint density at radius 3 is 2.61 bits per heavy atom. The number of benzene rings is 1. The van der Waals surface area contributed by atoms with Gasteiger partial charge in [0.05, 0.1) is 5.56 Å². The summed E-state index contributed by atoms with van der Waals surface area (Å²) in [5, 5.41) is 4.52. The summed E-state index contributed by atoms with van der Waals surface area (Å²) < 4.78 is 0. The smallest absolute Gasteiger partial charge is 0.257 e. The topological polar surface area (TPSA) is 74.8 Å². The third-order valence-corrected chi connectivity index (χ3v) is 6.19. The van der Waals surface area contributed by atoms with Crippen LogP contribution in [-0.2, 0) is 4.79 Å². The molecule has 1 atom stereocenters. The molecule has 28 heavy (non-hydrogen) atoms. The van der Waals surface area contributed by atoms with E-state index in [1.54, 1.807) is 12.1 Å². The first-order chi connectivity index (χ1) is 13.3. The number of allylic oxidation sites excluding steroid dienone is 2. The number of thioether (sulfide) groups is 1. The van der Waals surface area contributed by atoms with Gasteiger partial charge >= 0.3 is 0 Å². The first kappa shape index (κ1) is 19.3. The van der Waals surface area contributed by atoms with E-state index in [0.29, 0.717) is 33.6 Å². The van der Waals surface area contributed by atoms with Crippen LogP contribution < -0.4 is 10.9 Å². The number of halogens is 1. The van der Waals surface area contributed by atoms with E-state index in [1.807, 2.05) is 19.1 Å². The van der Waals surface area contributed by atoms with Gasteiger partial charge in [-0.25, -0.2) is 4.98 Å². The molecule has 146 valence electrons. The monoisotopic (exact) mass is 415 g/mol. The zero-order valence-electron chi connectivity index (χ0n) is 16.1. The van der Waals surface area contributed by atoms with E-state index >= 15 is 0 Å². The number of nitrogens with one attached hydrogen (secondary N) is 2. The van der Waals surface area contributed by atoms with E-state index in [1.165, 1.54) is 11.8 Å². The molecular formula is C21H22ClN3O2S. The highest BCUT2D eigenvalue weighted by molar-refractivity contribution is 7.99. The molecule has 0 radical (unpaired) electrons. The number of fused-ring (bicyclic) bond motifs is 1. The SMILES string of the molecule is CCSc1nc2c(c(=O)[nH]1)[C@H](c1ccc(Cl)cc1)C1=C(CC(C)(C)CC1=O)N2. The average Bonchev–Trinajstić information content (AvgIpc) is 2.60. The minimum atomic E-state index is -0.441. The Hall–Kier alpha value is -2.05. The third-order valence-electron chi connectivity index (χ3n) is 5.18. The Bertz CT molecular complexity index is 1040. The van der Waals surface area contributed by atoms with E-state index in [-0.39, 0.29) is 16.8 Å². The van der Waals surface area contributed by atoms with E-state index < -0.39 is 5.92 Å². The van der Waals surface area contributed by atoms with Gasteiger partial charge in [0.2, 0.25) is 0 Å². The number of Topliss-reactive ketones (excluding diaryl/α,β-unsaturated/α-hetero) is 1. The van der Waals surface area contributed by atoms with Gasteiger partial charge in [0.1, 0.15) is 5.82 Å². The highest BCUT2D eigenvalue weighted by atomic mass is 35.5. The molecule has 0 saturated heterocycles. The predicted octanol–water partition coefficient (Wildman–Crippen LogP) is 4.74. The van der Waals surface area contributed by atoms with Gasteiger partial charge in [0.15, 0.2) is 10.9 Å². The molecule has 1 aliphatic carbocycles. The number of ketones is 1. The molecule has 4 rings (SSSR count). The molecule has 2 heterocycles. The van der Waals surface area contributed by atoms with Gasteiger partial charge in [-0.05, 0) is 35.3 Å². The van der Waals surface area contributed by atoms with Crippen LogP contribution in [0.4, 0.5) is 5.82 Å². The largest absolute Gasteiger partial charge is 0.343 e. The van der Waals surface area contributed by atoms with Crippen molar-refractivity contribution in [2.24, 2.45) is 5.41 Å². The molecule has 0 amide bonds. The van der Waals surface area contributed by atoms with Crippen LogP contribution in [0.1, 0.15) is 50.7 Å². The van der Waals surface area contributed by atoms with E-state index in [2.05, 4.69) is 29.1 Å². The van der Waals surface area contributed by atoms with Crippen LogP contribution in [0, 0.1) is 5.41 Å². The van der Waals surface area contributed by atoms with Crippen LogP contribution >= 0.6 is 23.4 Å². The van der Waals surface area contributed by atoms with Crippen LogP contribution in [0.2, 0.25) is 5.02 Å². The Morgan fingerprint density at radius 1 is 1.21 bits per heavy atom. The summed E-state index contributed by atoms with van der Waals surface area (Å²) in [5.41, 5.74) is 2.58. The van der Waals surface area contributed by atoms with Crippen LogP contribution in [0.3, 0.4) is 0 Å². The predicted molar refractivity (Wildman–Crippen MR) is 113 cm³/mol. The second kappa shape index (κ2) is 7.08. The lowest BCUT2D eigenvalue weighted by Gasteiger charge is -2.38. The summed E-state index contributed by atoms with van der Waals surface area (Å²) in [6, 6.07) is 7.35. The lowest BCUT2D eigenvalue weighted by atomic mass is 9.69. The molecule has 2 aromatic rings. The second-order valence-corrected chi connectivity index (χ2v) is 9.70. The number of rotatable bonds is 3. The fourth-order valence-corrected chi connectivity index (χ4v) is 4.81. The minimum Gasteiger partial charge on any atom is -0.343 e. The summed E-state index contributed by atoms with van der Waals surface area (Å²) in [6.07, 6.45) is 1.20. The van der Waals surface area contributed by atoms with Crippen molar-refractivity contribution in [2.75, 3.05) is 11.1 Å². The highest BCUT2D eigenvalue weighted by Crippen LogP contribution is 2.47. The van der Waals surface area contributed by atoms with Crippen LogP contribution in [0.25, 0.3) is 0 Å². The molecule has 1 aliphatic heterocycles. The summed E-state index contributed by atoms with van der Waals surface area (Å²) in [5.74, 6) is 0.991. The molecule has 2 N–H and O–H groups in total. The van der Waals surface area contributed by atoms with E-state index in [0.717, 1.165) is 23.4 Å². The zero-order valence-corrected chi connectivity index (χ0v) is 17.6. The number of aromatic amines is 1. The number of aromatic nitrogens is 2. The van der Waals surface area contributed by atoms with Gasteiger partial charge in [-0.2, -0.15) is 0 Å². The van der Waals surface area contributed by atoms with Crippen LogP contribution in [-0.4, -0.2) is 21.5 Å². The van der Waals surface area contributed by atoms with Gasteiger partial charge < -0.3 is 10.3 Å². The first-order valence-electron chi connectivity index (χ1n) is 9.35. The Kier molecular flexibility index (Phi) is 4.88. The summed E-state index contributed by atoms with van der Waals surface area (Å²) in [7, 11) is 0. The van der Waals surface area contributed by atoms with E-state index in [9.17, 15) is 9.59 Å². The Morgan fingerprint density at radius 2 is 1.93 bits per heavy atom. The number of carbonyl (C=O) groups excluding carboxylic acids is 1. The highest BCUT2D eigenvalue weighted by Gasteiger charge is 2.42. The lowest BCUT2D eigenvalue weighted by Crippen LogP contribution is -2.37.